The van der Waals surface area contributed by atoms with Gasteiger partial charge in [0.15, 0.2) is 11.6 Å². The summed E-state index contributed by atoms with van der Waals surface area (Å²) in [6, 6.07) is 3.10. The number of rotatable bonds is 13. The molecule has 3 rings (SSSR count). The van der Waals surface area contributed by atoms with Crippen molar-refractivity contribution in [1.82, 2.24) is 0 Å². The van der Waals surface area contributed by atoms with E-state index >= 15 is 8.78 Å². The smallest absolute Gasteiger partial charge is 0.341 e. The second kappa shape index (κ2) is 15.1. The average Bonchev–Trinajstić information content (AvgIpc) is 2.90. The van der Waals surface area contributed by atoms with Crippen LogP contribution in [0.5, 0.6) is 0 Å². The fourth-order valence-electron chi connectivity index (χ4n) is 6.68. The van der Waals surface area contributed by atoms with Crippen LogP contribution in [-0.4, -0.2) is 12.1 Å². The van der Waals surface area contributed by atoms with Crippen LogP contribution in [0, 0.1) is 29.4 Å². The lowest BCUT2D eigenvalue weighted by molar-refractivity contribution is 0.00342. The summed E-state index contributed by atoms with van der Waals surface area (Å²) >= 11 is 0. The number of esters is 1. The monoisotopic (exact) mass is 504 g/mol. The summed E-state index contributed by atoms with van der Waals surface area (Å²) < 4.78 is 36.3. The predicted molar refractivity (Wildman–Crippen MR) is 144 cm³/mol. The van der Waals surface area contributed by atoms with Gasteiger partial charge in [-0.1, -0.05) is 97.5 Å². The molecule has 2 unspecified atom stereocenters. The number of carbonyl (C=O) groups is 1. The molecule has 2 fully saturated rings. The zero-order chi connectivity index (χ0) is 25.9. The van der Waals surface area contributed by atoms with Crippen LogP contribution in [0.15, 0.2) is 12.1 Å². The molecule has 2 nitrogen and oxygen atoms in total. The highest BCUT2D eigenvalue weighted by Crippen LogP contribution is 2.41. The first-order valence-electron chi connectivity index (χ1n) is 15.1. The third-order valence-corrected chi connectivity index (χ3v) is 9.16. The number of unbranched alkanes of at least 4 members (excludes halogenated alkanes) is 4. The van der Waals surface area contributed by atoms with Crippen LogP contribution < -0.4 is 0 Å². The van der Waals surface area contributed by atoms with E-state index in [0.29, 0.717) is 17.4 Å². The van der Waals surface area contributed by atoms with Gasteiger partial charge >= 0.3 is 5.97 Å². The molecule has 0 spiro atoms. The summed E-state index contributed by atoms with van der Waals surface area (Å²) in [7, 11) is 0. The fraction of sp³-hybridized carbons (Fsp3) is 0.781. The van der Waals surface area contributed by atoms with Gasteiger partial charge in [-0.05, 0) is 73.8 Å². The van der Waals surface area contributed by atoms with Crippen LogP contribution in [0.25, 0.3) is 0 Å². The van der Waals surface area contributed by atoms with Gasteiger partial charge in [0.1, 0.15) is 6.10 Å². The Bertz CT molecular complexity index is 794. The Morgan fingerprint density at radius 3 is 2.19 bits per heavy atom. The topological polar surface area (TPSA) is 26.3 Å². The van der Waals surface area contributed by atoms with Crippen molar-refractivity contribution in [2.24, 2.45) is 17.8 Å². The molecule has 204 valence electrons. The molecule has 0 amide bonds. The molecule has 0 aromatic heterocycles. The molecule has 2 aliphatic carbocycles. The SMILES string of the molecule is CCCCCC1CCC(C(C)c2ccc(C(=O)OC(CCCCC)C3CCCCC3)c(F)c2F)CC1. The lowest BCUT2D eigenvalue weighted by Gasteiger charge is -2.33. The number of benzene rings is 1. The number of halogens is 2. The normalized spacial score (nSPS) is 22.8. The summed E-state index contributed by atoms with van der Waals surface area (Å²) in [5, 5.41) is 0. The summed E-state index contributed by atoms with van der Waals surface area (Å²) in [4.78, 5) is 13.0. The minimum atomic E-state index is -1.03. The largest absolute Gasteiger partial charge is 0.458 e. The molecule has 36 heavy (non-hydrogen) atoms. The van der Waals surface area contributed by atoms with E-state index in [1.54, 1.807) is 6.07 Å². The Kier molecular flexibility index (Phi) is 12.2. The highest BCUT2D eigenvalue weighted by molar-refractivity contribution is 5.90. The van der Waals surface area contributed by atoms with Gasteiger partial charge in [-0.25, -0.2) is 13.6 Å². The fourth-order valence-corrected chi connectivity index (χ4v) is 6.68. The van der Waals surface area contributed by atoms with E-state index in [0.717, 1.165) is 70.1 Å². The molecule has 2 saturated carbocycles. The average molecular weight is 505 g/mol. The van der Waals surface area contributed by atoms with Crippen molar-refractivity contribution in [2.75, 3.05) is 0 Å². The molecular weight excluding hydrogens is 454 g/mol. The van der Waals surface area contributed by atoms with E-state index in [1.165, 1.54) is 51.0 Å². The van der Waals surface area contributed by atoms with Crippen molar-refractivity contribution >= 4 is 5.97 Å². The van der Waals surface area contributed by atoms with E-state index in [9.17, 15) is 4.79 Å². The van der Waals surface area contributed by atoms with E-state index in [-0.39, 0.29) is 17.6 Å². The second-order valence-corrected chi connectivity index (χ2v) is 11.7. The molecule has 1 aromatic rings. The first-order chi connectivity index (χ1) is 17.5. The van der Waals surface area contributed by atoms with Crippen LogP contribution in [0.3, 0.4) is 0 Å². The van der Waals surface area contributed by atoms with Gasteiger partial charge < -0.3 is 4.74 Å². The van der Waals surface area contributed by atoms with Gasteiger partial charge in [-0.15, -0.1) is 0 Å². The maximum atomic E-state index is 15.3. The van der Waals surface area contributed by atoms with Crippen molar-refractivity contribution in [3.63, 3.8) is 0 Å². The van der Waals surface area contributed by atoms with E-state index < -0.39 is 17.6 Å². The highest BCUT2D eigenvalue weighted by atomic mass is 19.2. The van der Waals surface area contributed by atoms with Gasteiger partial charge in [0, 0.05) is 0 Å². The van der Waals surface area contributed by atoms with Crippen LogP contribution in [0.4, 0.5) is 8.78 Å². The number of hydrogen-bond donors (Lipinski definition) is 0. The Hall–Kier alpha value is -1.45. The molecular formula is C32H50F2O2. The number of hydrogen-bond acceptors (Lipinski definition) is 2. The van der Waals surface area contributed by atoms with Gasteiger partial charge in [0.25, 0.3) is 0 Å². The predicted octanol–water partition coefficient (Wildman–Crippen LogP) is 10.1. The number of ether oxygens (including phenoxy) is 1. The lowest BCUT2D eigenvalue weighted by atomic mass is 9.73. The maximum absolute atomic E-state index is 15.3. The Morgan fingerprint density at radius 2 is 1.53 bits per heavy atom. The van der Waals surface area contributed by atoms with Crippen molar-refractivity contribution in [3.8, 4) is 0 Å². The van der Waals surface area contributed by atoms with Crippen LogP contribution in [-0.2, 0) is 4.74 Å². The molecule has 0 saturated heterocycles. The summed E-state index contributed by atoms with van der Waals surface area (Å²) in [6.45, 7) is 6.41. The van der Waals surface area contributed by atoms with Gasteiger partial charge in [-0.2, -0.15) is 0 Å². The van der Waals surface area contributed by atoms with Crippen molar-refractivity contribution in [2.45, 2.75) is 142 Å². The highest BCUT2D eigenvalue weighted by Gasteiger charge is 2.31. The molecule has 4 heteroatoms. The van der Waals surface area contributed by atoms with Gasteiger partial charge in [0.2, 0.25) is 0 Å². The van der Waals surface area contributed by atoms with E-state index in [2.05, 4.69) is 13.8 Å². The van der Waals surface area contributed by atoms with Crippen LogP contribution in [0.2, 0.25) is 0 Å². The summed E-state index contributed by atoms with van der Waals surface area (Å²) in [6.07, 6.45) is 19.1. The minimum absolute atomic E-state index is 0.0507. The van der Waals surface area contributed by atoms with E-state index in [4.69, 9.17) is 4.74 Å². The van der Waals surface area contributed by atoms with E-state index in [1.807, 2.05) is 6.92 Å². The quantitative estimate of drug-likeness (QED) is 0.197. The standard InChI is InChI=1S/C32H50F2O2/c1-4-6-9-13-24-17-19-25(20-18-24)23(3)27-21-22-28(31(34)30(27)33)32(35)36-29(16-10-7-5-2)26-14-11-8-12-15-26/h21-26,29H,4-20H2,1-3H3. The Labute approximate surface area is 219 Å². The van der Waals surface area contributed by atoms with Crippen molar-refractivity contribution < 1.29 is 18.3 Å². The molecule has 0 N–H and O–H groups in total. The second-order valence-electron chi connectivity index (χ2n) is 11.7. The Balaban J connectivity index is 1.63. The maximum Gasteiger partial charge on any atom is 0.341 e. The molecule has 0 bridgehead atoms. The molecule has 0 heterocycles. The first-order valence-corrected chi connectivity index (χ1v) is 15.1. The summed E-state index contributed by atoms with van der Waals surface area (Å²) in [5.41, 5.74) is 0.157. The van der Waals surface area contributed by atoms with Crippen molar-refractivity contribution in [1.29, 1.82) is 0 Å². The van der Waals surface area contributed by atoms with Gasteiger partial charge in [0.05, 0.1) is 5.56 Å². The lowest BCUT2D eigenvalue weighted by Crippen LogP contribution is -2.29. The van der Waals surface area contributed by atoms with Crippen LogP contribution in [0.1, 0.15) is 152 Å². The molecule has 2 atom stereocenters. The molecule has 1 aromatic carbocycles. The summed E-state index contributed by atoms with van der Waals surface area (Å²) in [5.74, 6) is -1.16. The Morgan fingerprint density at radius 1 is 0.861 bits per heavy atom. The first kappa shape index (κ1) is 29.1. The third kappa shape index (κ3) is 8.02. The molecule has 0 radical (unpaired) electrons. The van der Waals surface area contributed by atoms with Gasteiger partial charge in [-0.3, -0.25) is 0 Å². The zero-order valence-corrected chi connectivity index (χ0v) is 23.1. The minimum Gasteiger partial charge on any atom is -0.458 e. The molecule has 0 aliphatic heterocycles. The zero-order valence-electron chi connectivity index (χ0n) is 23.1. The molecule has 2 aliphatic rings. The van der Waals surface area contributed by atoms with Crippen molar-refractivity contribution in [3.05, 3.63) is 34.9 Å². The van der Waals surface area contributed by atoms with Crippen LogP contribution >= 0.6 is 0 Å². The number of carbonyl (C=O) groups excluding carboxylic acids is 1. The third-order valence-electron chi connectivity index (χ3n) is 9.16.